The number of nitrogens with two attached hydrogens (primary N) is 1. The molecule has 1 aromatic heterocycles. The number of pyridine rings is 1. The molecule has 1 heterocycles. The average Bonchev–Trinajstić information content (AvgIpc) is 2.37. The van der Waals surface area contributed by atoms with Gasteiger partial charge in [-0.1, -0.05) is 29.8 Å². The molecule has 4 nitrogen and oxygen atoms in total. The number of hydrogen-bond donors (Lipinski definition) is 1. The lowest BCUT2D eigenvalue weighted by molar-refractivity contribution is 0.0993. The van der Waals surface area contributed by atoms with E-state index in [-0.39, 0.29) is 16.9 Å². The van der Waals surface area contributed by atoms with Gasteiger partial charge in [0, 0.05) is 18.3 Å². The van der Waals surface area contributed by atoms with Gasteiger partial charge in [-0.2, -0.15) is 0 Å². The lowest BCUT2D eigenvalue weighted by Gasteiger charge is -2.17. The largest absolute Gasteiger partial charge is 0.384 e. The summed E-state index contributed by atoms with van der Waals surface area (Å²) >= 11 is 5.78. The molecular formula is C13H12ClN3O. The van der Waals surface area contributed by atoms with Crippen molar-refractivity contribution < 1.29 is 4.79 Å². The standard InChI is InChI=1S/C13H12ClN3O/c1-17(10-5-3-2-4-6-10)13(18)9-7-11(14)16-12(15)8-9/h2-8H,1H3,(H2,15,16). The maximum absolute atomic E-state index is 12.2. The molecule has 0 saturated carbocycles. The number of carbonyl (C=O) groups is 1. The van der Waals surface area contributed by atoms with Gasteiger partial charge in [-0.15, -0.1) is 0 Å². The Balaban J connectivity index is 2.31. The van der Waals surface area contributed by atoms with Gasteiger partial charge < -0.3 is 10.6 Å². The number of benzene rings is 1. The predicted octanol–water partition coefficient (Wildman–Crippen LogP) is 2.59. The van der Waals surface area contributed by atoms with E-state index in [1.807, 2.05) is 30.3 Å². The van der Waals surface area contributed by atoms with Crippen LogP contribution in [0.1, 0.15) is 10.4 Å². The molecule has 2 aromatic rings. The van der Waals surface area contributed by atoms with E-state index in [2.05, 4.69) is 4.98 Å². The van der Waals surface area contributed by atoms with Gasteiger partial charge in [0.05, 0.1) is 0 Å². The summed E-state index contributed by atoms with van der Waals surface area (Å²) in [5.74, 6) is 0.0458. The van der Waals surface area contributed by atoms with Gasteiger partial charge >= 0.3 is 0 Å². The number of aromatic nitrogens is 1. The van der Waals surface area contributed by atoms with E-state index in [1.165, 1.54) is 17.0 Å². The number of hydrogen-bond acceptors (Lipinski definition) is 3. The summed E-state index contributed by atoms with van der Waals surface area (Å²) in [6.45, 7) is 0. The molecule has 92 valence electrons. The first-order valence-corrected chi connectivity index (χ1v) is 5.72. The molecule has 0 fully saturated rings. The number of rotatable bonds is 2. The van der Waals surface area contributed by atoms with Crippen molar-refractivity contribution in [1.82, 2.24) is 4.98 Å². The maximum atomic E-state index is 12.2. The van der Waals surface area contributed by atoms with Crippen molar-refractivity contribution in [1.29, 1.82) is 0 Å². The highest BCUT2D eigenvalue weighted by Crippen LogP contribution is 2.18. The Morgan fingerprint density at radius 2 is 1.94 bits per heavy atom. The van der Waals surface area contributed by atoms with E-state index in [0.29, 0.717) is 5.56 Å². The molecule has 1 aromatic carbocycles. The topological polar surface area (TPSA) is 59.2 Å². The molecule has 0 bridgehead atoms. The summed E-state index contributed by atoms with van der Waals surface area (Å²) in [6.07, 6.45) is 0. The van der Waals surface area contributed by atoms with Crippen LogP contribution in [0.25, 0.3) is 0 Å². The van der Waals surface area contributed by atoms with Crippen LogP contribution in [0.2, 0.25) is 5.15 Å². The monoisotopic (exact) mass is 261 g/mol. The van der Waals surface area contributed by atoms with Crippen LogP contribution in [0.5, 0.6) is 0 Å². The molecule has 2 N–H and O–H groups in total. The maximum Gasteiger partial charge on any atom is 0.258 e. The molecule has 5 heteroatoms. The fourth-order valence-electron chi connectivity index (χ4n) is 1.60. The van der Waals surface area contributed by atoms with Crippen LogP contribution >= 0.6 is 11.6 Å². The number of anilines is 2. The second kappa shape index (κ2) is 5.06. The van der Waals surface area contributed by atoms with Gasteiger partial charge in [-0.25, -0.2) is 4.98 Å². The molecule has 0 unspecified atom stereocenters. The Labute approximate surface area is 110 Å². The van der Waals surface area contributed by atoms with Gasteiger partial charge in [0.2, 0.25) is 0 Å². The van der Waals surface area contributed by atoms with E-state index in [9.17, 15) is 4.79 Å². The molecule has 0 aliphatic rings. The molecule has 0 aliphatic heterocycles. The molecule has 0 aliphatic carbocycles. The van der Waals surface area contributed by atoms with Crippen molar-refractivity contribution in [2.75, 3.05) is 17.7 Å². The molecule has 0 radical (unpaired) electrons. The molecule has 0 spiro atoms. The third-order valence-electron chi connectivity index (χ3n) is 2.51. The predicted molar refractivity (Wildman–Crippen MR) is 72.8 cm³/mol. The van der Waals surface area contributed by atoms with Crippen molar-refractivity contribution in [3.05, 3.63) is 53.2 Å². The third-order valence-corrected chi connectivity index (χ3v) is 2.70. The van der Waals surface area contributed by atoms with Crippen molar-refractivity contribution in [2.24, 2.45) is 0 Å². The Morgan fingerprint density at radius 3 is 2.56 bits per heavy atom. The lowest BCUT2D eigenvalue weighted by Crippen LogP contribution is -2.26. The summed E-state index contributed by atoms with van der Waals surface area (Å²) < 4.78 is 0. The Hall–Kier alpha value is -2.07. The smallest absolute Gasteiger partial charge is 0.258 e. The van der Waals surface area contributed by atoms with E-state index in [4.69, 9.17) is 17.3 Å². The van der Waals surface area contributed by atoms with Crippen LogP contribution in [0.15, 0.2) is 42.5 Å². The minimum Gasteiger partial charge on any atom is -0.384 e. The Kier molecular flexibility index (Phi) is 3.48. The van der Waals surface area contributed by atoms with Crippen LogP contribution in [0.4, 0.5) is 11.5 Å². The van der Waals surface area contributed by atoms with Crippen LogP contribution in [-0.4, -0.2) is 17.9 Å². The molecule has 0 atom stereocenters. The van der Waals surface area contributed by atoms with E-state index in [1.54, 1.807) is 7.05 Å². The van der Waals surface area contributed by atoms with Gasteiger partial charge in [-0.3, -0.25) is 4.79 Å². The van der Waals surface area contributed by atoms with Crippen molar-refractivity contribution in [3.8, 4) is 0 Å². The second-order valence-electron chi connectivity index (χ2n) is 3.80. The van der Waals surface area contributed by atoms with Crippen molar-refractivity contribution in [2.45, 2.75) is 0 Å². The van der Waals surface area contributed by atoms with Gasteiger partial charge in [0.1, 0.15) is 11.0 Å². The Morgan fingerprint density at radius 1 is 1.28 bits per heavy atom. The normalized spacial score (nSPS) is 10.1. The summed E-state index contributed by atoms with van der Waals surface area (Å²) in [5, 5.41) is 0.208. The molecular weight excluding hydrogens is 250 g/mol. The number of halogens is 1. The first kappa shape index (κ1) is 12.4. The fourth-order valence-corrected chi connectivity index (χ4v) is 1.82. The molecule has 0 saturated heterocycles. The third kappa shape index (κ3) is 2.60. The van der Waals surface area contributed by atoms with Gasteiger partial charge in [0.25, 0.3) is 5.91 Å². The minimum absolute atomic E-state index is 0.183. The fraction of sp³-hybridized carbons (Fsp3) is 0.0769. The zero-order valence-electron chi connectivity index (χ0n) is 9.80. The zero-order chi connectivity index (χ0) is 13.1. The molecule has 18 heavy (non-hydrogen) atoms. The number of carbonyl (C=O) groups excluding carboxylic acids is 1. The van der Waals surface area contributed by atoms with E-state index < -0.39 is 0 Å². The Bertz CT molecular complexity index is 551. The first-order valence-electron chi connectivity index (χ1n) is 5.34. The van der Waals surface area contributed by atoms with E-state index in [0.717, 1.165) is 5.69 Å². The highest BCUT2D eigenvalue weighted by Gasteiger charge is 2.14. The van der Waals surface area contributed by atoms with Crippen LogP contribution in [0, 0.1) is 0 Å². The van der Waals surface area contributed by atoms with Gasteiger partial charge in [-0.05, 0) is 24.3 Å². The summed E-state index contributed by atoms with van der Waals surface area (Å²) in [4.78, 5) is 17.6. The van der Waals surface area contributed by atoms with Crippen LogP contribution < -0.4 is 10.6 Å². The van der Waals surface area contributed by atoms with Crippen molar-refractivity contribution in [3.63, 3.8) is 0 Å². The highest BCUT2D eigenvalue weighted by atomic mass is 35.5. The summed E-state index contributed by atoms with van der Waals surface area (Å²) in [5.41, 5.74) is 6.79. The quantitative estimate of drug-likeness (QED) is 0.846. The minimum atomic E-state index is -0.183. The number of nitrogens with zero attached hydrogens (tertiary/aromatic N) is 2. The summed E-state index contributed by atoms with van der Waals surface area (Å²) in [7, 11) is 1.70. The second-order valence-corrected chi connectivity index (χ2v) is 4.19. The first-order chi connectivity index (χ1) is 8.58. The highest BCUT2D eigenvalue weighted by molar-refractivity contribution is 6.30. The van der Waals surface area contributed by atoms with Gasteiger partial charge in [0.15, 0.2) is 0 Å². The average molecular weight is 262 g/mol. The molecule has 1 amide bonds. The molecule has 2 rings (SSSR count). The van der Waals surface area contributed by atoms with Crippen molar-refractivity contribution >= 4 is 29.0 Å². The number of amides is 1. The lowest BCUT2D eigenvalue weighted by atomic mass is 10.2. The zero-order valence-corrected chi connectivity index (χ0v) is 10.6. The van der Waals surface area contributed by atoms with Crippen LogP contribution in [-0.2, 0) is 0 Å². The van der Waals surface area contributed by atoms with Crippen LogP contribution in [0.3, 0.4) is 0 Å². The number of para-hydroxylation sites is 1. The summed E-state index contributed by atoms with van der Waals surface area (Å²) in [6, 6.07) is 12.3. The SMILES string of the molecule is CN(C(=O)c1cc(N)nc(Cl)c1)c1ccccc1. The number of nitrogen functional groups attached to an aromatic ring is 1. The van der Waals surface area contributed by atoms with E-state index >= 15 is 0 Å².